The summed E-state index contributed by atoms with van der Waals surface area (Å²) in [6, 6.07) is 17.8. The van der Waals surface area contributed by atoms with Gasteiger partial charge >= 0.3 is 7.60 Å². The second-order valence-electron chi connectivity index (χ2n) is 12.1. The largest absolute Gasteiger partial charge is 0.508 e. The van der Waals surface area contributed by atoms with Crippen molar-refractivity contribution in [3.8, 4) is 17.2 Å². The van der Waals surface area contributed by atoms with Crippen molar-refractivity contribution in [3.63, 3.8) is 0 Å². The highest BCUT2D eigenvalue weighted by atomic mass is 31.2. The van der Waals surface area contributed by atoms with Crippen molar-refractivity contribution in [1.29, 1.82) is 0 Å². The van der Waals surface area contributed by atoms with Gasteiger partial charge in [0.05, 0.1) is 6.16 Å². The third-order valence-electron chi connectivity index (χ3n) is 6.35. The maximum absolute atomic E-state index is 11.2. The lowest BCUT2D eigenvalue weighted by Crippen LogP contribution is -2.18. The van der Waals surface area contributed by atoms with Gasteiger partial charge < -0.3 is 25.1 Å². The van der Waals surface area contributed by atoms with E-state index >= 15 is 0 Å². The van der Waals surface area contributed by atoms with E-state index in [4.69, 9.17) is 0 Å². The molecule has 0 radical (unpaired) electrons. The van der Waals surface area contributed by atoms with Gasteiger partial charge in [0.2, 0.25) is 0 Å². The Kier molecular flexibility index (Phi) is 8.97. The Labute approximate surface area is 220 Å². The Balaban J connectivity index is 0.000000263. The molecule has 37 heavy (non-hydrogen) atoms. The Bertz CT molecular complexity index is 1160. The first-order valence-electron chi connectivity index (χ1n) is 12.2. The van der Waals surface area contributed by atoms with Crippen LogP contribution in [0.1, 0.15) is 83.2 Å². The zero-order chi connectivity index (χ0) is 28.4. The van der Waals surface area contributed by atoms with Crippen LogP contribution in [-0.2, 0) is 27.0 Å². The Morgan fingerprint density at radius 1 is 0.622 bits per heavy atom. The number of phenolic OH excluding ortho intramolecular Hbond substituents is 3. The molecule has 202 valence electrons. The molecule has 0 saturated heterocycles. The molecule has 5 N–H and O–H groups in total. The number of aromatic hydroxyl groups is 3. The van der Waals surface area contributed by atoms with E-state index in [9.17, 15) is 29.7 Å². The normalized spacial score (nSPS) is 12.6. The summed E-state index contributed by atoms with van der Waals surface area (Å²) in [6.45, 7) is 16.0. The highest BCUT2D eigenvalue weighted by molar-refractivity contribution is 7.50. The molecule has 0 atom stereocenters. The van der Waals surface area contributed by atoms with Crippen molar-refractivity contribution in [1.82, 2.24) is 0 Å². The topological polar surface area (TPSA) is 118 Å². The molecule has 0 fully saturated rings. The second kappa shape index (κ2) is 10.9. The van der Waals surface area contributed by atoms with Crippen LogP contribution in [0, 0.1) is 0 Å². The van der Waals surface area contributed by atoms with E-state index in [2.05, 4.69) is 13.8 Å². The number of rotatable bonds is 4. The van der Waals surface area contributed by atoms with Crippen molar-refractivity contribution in [3.05, 3.63) is 88.5 Å². The fourth-order valence-electron chi connectivity index (χ4n) is 4.09. The minimum atomic E-state index is -4.13. The van der Waals surface area contributed by atoms with E-state index in [0.717, 1.165) is 11.1 Å². The van der Waals surface area contributed by atoms with Gasteiger partial charge in [-0.05, 0) is 62.9 Å². The van der Waals surface area contributed by atoms with Crippen LogP contribution in [0.4, 0.5) is 0 Å². The molecule has 3 aromatic rings. The van der Waals surface area contributed by atoms with E-state index in [0.29, 0.717) is 16.7 Å². The molecule has 0 aromatic heterocycles. The monoisotopic (exact) mass is 528 g/mol. The third-order valence-corrected chi connectivity index (χ3v) is 7.13. The van der Waals surface area contributed by atoms with E-state index < -0.39 is 7.60 Å². The first-order chi connectivity index (χ1) is 16.7. The summed E-state index contributed by atoms with van der Waals surface area (Å²) >= 11 is 0. The lowest BCUT2D eigenvalue weighted by Gasteiger charge is -2.28. The predicted octanol–water partition coefficient (Wildman–Crippen LogP) is 7.09. The van der Waals surface area contributed by atoms with Gasteiger partial charge in [-0.25, -0.2) is 0 Å². The first-order valence-corrected chi connectivity index (χ1v) is 14.0. The fraction of sp³-hybridized carbons (Fsp3) is 0.400. The molecule has 0 heterocycles. The van der Waals surface area contributed by atoms with E-state index in [1.54, 1.807) is 36.4 Å². The van der Waals surface area contributed by atoms with Crippen LogP contribution < -0.4 is 0 Å². The molecule has 0 bridgehead atoms. The fourth-order valence-corrected chi connectivity index (χ4v) is 4.75. The molecule has 0 unspecified atom stereocenters. The SMILES string of the molecule is CC(C)(C)c1cc(CP(=O)(O)O)cc(C(C)(C)C)c1O.CC(C)(c1ccc(O)cc1)c1ccc(O)cc1. The second-order valence-corrected chi connectivity index (χ2v) is 13.7. The van der Waals surface area contributed by atoms with Crippen LogP contribution in [0.3, 0.4) is 0 Å². The summed E-state index contributed by atoms with van der Waals surface area (Å²) in [7, 11) is -4.13. The third kappa shape index (κ3) is 8.36. The summed E-state index contributed by atoms with van der Waals surface area (Å²) in [6.07, 6.45) is -0.306. The molecule has 0 saturated carbocycles. The minimum Gasteiger partial charge on any atom is -0.508 e. The van der Waals surface area contributed by atoms with Gasteiger partial charge in [-0.3, -0.25) is 4.57 Å². The summed E-state index contributed by atoms with van der Waals surface area (Å²) in [5.41, 5.74) is 3.50. The first kappa shape index (κ1) is 30.4. The highest BCUT2D eigenvalue weighted by Crippen LogP contribution is 2.44. The van der Waals surface area contributed by atoms with Crippen molar-refractivity contribution in [2.45, 2.75) is 77.8 Å². The van der Waals surface area contributed by atoms with Gasteiger partial charge in [0, 0.05) is 5.41 Å². The van der Waals surface area contributed by atoms with Crippen LogP contribution in [0.5, 0.6) is 17.2 Å². The van der Waals surface area contributed by atoms with Crippen molar-refractivity contribution >= 4 is 7.60 Å². The standard InChI is InChI=1S/C15H25O4P.C15H16O2/c1-14(2,3)11-7-10(9-20(17,18)19)8-12(13(11)16)15(4,5)6;1-15(2,11-3-7-13(16)8-4-11)12-5-9-14(17)10-6-12/h7-8,16H,9H2,1-6H3,(H2,17,18,19);3-10,16-17H,1-2H3. The molecular weight excluding hydrogens is 487 g/mol. The van der Waals surface area contributed by atoms with Crippen molar-refractivity contribution in [2.75, 3.05) is 0 Å². The zero-order valence-electron chi connectivity index (χ0n) is 23.1. The zero-order valence-corrected chi connectivity index (χ0v) is 24.0. The van der Waals surface area contributed by atoms with Crippen LogP contribution >= 0.6 is 7.60 Å². The quantitative estimate of drug-likeness (QED) is 0.231. The molecule has 3 aromatic carbocycles. The molecule has 0 spiro atoms. The molecule has 6 nitrogen and oxygen atoms in total. The van der Waals surface area contributed by atoms with Gasteiger partial charge in [0.25, 0.3) is 0 Å². The van der Waals surface area contributed by atoms with Gasteiger partial charge in [0.15, 0.2) is 0 Å². The van der Waals surface area contributed by atoms with E-state index in [1.165, 1.54) is 0 Å². The van der Waals surface area contributed by atoms with Crippen molar-refractivity contribution < 1.29 is 29.7 Å². The maximum Gasteiger partial charge on any atom is 0.329 e. The van der Waals surface area contributed by atoms with E-state index in [1.807, 2.05) is 65.8 Å². The highest BCUT2D eigenvalue weighted by Gasteiger charge is 2.28. The molecule has 0 aliphatic rings. The minimum absolute atomic E-state index is 0.151. The number of benzene rings is 3. The van der Waals surface area contributed by atoms with Crippen molar-refractivity contribution in [2.24, 2.45) is 0 Å². The van der Waals surface area contributed by atoms with Gasteiger partial charge in [-0.15, -0.1) is 0 Å². The number of hydrogen-bond donors (Lipinski definition) is 5. The average Bonchev–Trinajstić information content (AvgIpc) is 2.73. The summed E-state index contributed by atoms with van der Waals surface area (Å²) in [5.74, 6) is 0.768. The maximum atomic E-state index is 11.2. The molecule has 0 aliphatic carbocycles. The molecule has 0 amide bonds. The van der Waals surface area contributed by atoms with Crippen LogP contribution in [-0.4, -0.2) is 25.1 Å². The smallest absolute Gasteiger partial charge is 0.329 e. The summed E-state index contributed by atoms with van der Waals surface area (Å²) in [5, 5.41) is 29.1. The Hall–Kier alpha value is -2.79. The summed E-state index contributed by atoms with van der Waals surface area (Å²) < 4.78 is 11.2. The molecule has 7 heteroatoms. The van der Waals surface area contributed by atoms with Gasteiger partial charge in [-0.1, -0.05) is 91.8 Å². The molecular formula is C30H41O6P. The average molecular weight is 529 g/mol. The summed E-state index contributed by atoms with van der Waals surface area (Å²) in [4.78, 5) is 18.4. The van der Waals surface area contributed by atoms with Crippen LogP contribution in [0.2, 0.25) is 0 Å². The van der Waals surface area contributed by atoms with Gasteiger partial charge in [-0.2, -0.15) is 0 Å². The molecule has 3 rings (SSSR count). The number of hydrogen-bond acceptors (Lipinski definition) is 4. The lowest BCUT2D eigenvalue weighted by atomic mass is 9.78. The van der Waals surface area contributed by atoms with Crippen LogP contribution in [0.15, 0.2) is 60.7 Å². The lowest BCUT2D eigenvalue weighted by molar-refractivity contribution is 0.371. The Morgan fingerprint density at radius 2 is 0.946 bits per heavy atom. The van der Waals surface area contributed by atoms with E-state index in [-0.39, 0.29) is 39.7 Å². The van der Waals surface area contributed by atoms with Gasteiger partial charge in [0.1, 0.15) is 17.2 Å². The molecule has 0 aliphatic heterocycles. The van der Waals surface area contributed by atoms with Crippen LogP contribution in [0.25, 0.3) is 0 Å². The Morgan fingerprint density at radius 3 is 1.22 bits per heavy atom. The number of phenols is 3. The predicted molar refractivity (Wildman–Crippen MR) is 150 cm³/mol.